The Morgan fingerprint density at radius 2 is 2.56 bits per heavy atom. The van der Waals surface area contributed by atoms with Crippen molar-refractivity contribution in [2.24, 2.45) is 10.7 Å². The monoisotopic (exact) mass is 122 g/mol. The van der Waals surface area contributed by atoms with Crippen LogP contribution in [0, 0.1) is 0 Å². The zero-order valence-corrected chi connectivity index (χ0v) is 5.25. The topological polar surface area (TPSA) is 38.4 Å². The molecule has 48 valence electrons. The van der Waals surface area contributed by atoms with Gasteiger partial charge in [-0.2, -0.15) is 0 Å². The largest absolute Gasteiger partial charge is 0.328 e. The van der Waals surface area contributed by atoms with Crippen LogP contribution in [-0.4, -0.2) is 18.8 Å². The third kappa shape index (κ3) is 1.27. The van der Waals surface area contributed by atoms with Gasteiger partial charge in [0.25, 0.3) is 0 Å². The lowest BCUT2D eigenvalue weighted by molar-refractivity contribution is 0.799. The van der Waals surface area contributed by atoms with Gasteiger partial charge in [0.1, 0.15) is 0 Å². The SMILES string of the molecule is C=C1C=CC=NC1CN. The normalized spacial score (nSPS) is 25.0. The Morgan fingerprint density at radius 3 is 3.00 bits per heavy atom. The molecule has 0 bridgehead atoms. The molecule has 0 fully saturated rings. The maximum Gasteiger partial charge on any atom is 0.0865 e. The molecular weight excluding hydrogens is 112 g/mol. The van der Waals surface area contributed by atoms with E-state index in [0.717, 1.165) is 5.57 Å². The molecule has 1 aliphatic rings. The van der Waals surface area contributed by atoms with E-state index in [1.165, 1.54) is 0 Å². The minimum atomic E-state index is 0.120. The first-order chi connectivity index (χ1) is 4.34. The van der Waals surface area contributed by atoms with Crippen LogP contribution in [0.15, 0.2) is 29.3 Å². The molecule has 0 radical (unpaired) electrons. The quantitative estimate of drug-likeness (QED) is 0.540. The number of rotatable bonds is 1. The summed E-state index contributed by atoms with van der Waals surface area (Å²) in [5.74, 6) is 0. The van der Waals surface area contributed by atoms with Gasteiger partial charge in [0.15, 0.2) is 0 Å². The van der Waals surface area contributed by atoms with Crippen LogP contribution in [0.2, 0.25) is 0 Å². The molecule has 0 aromatic carbocycles. The lowest BCUT2D eigenvalue weighted by Gasteiger charge is -2.11. The lowest BCUT2D eigenvalue weighted by atomic mass is 10.1. The summed E-state index contributed by atoms with van der Waals surface area (Å²) in [6, 6.07) is 0.120. The highest BCUT2D eigenvalue weighted by molar-refractivity contribution is 5.74. The van der Waals surface area contributed by atoms with Gasteiger partial charge in [-0.15, -0.1) is 0 Å². The van der Waals surface area contributed by atoms with Crippen LogP contribution < -0.4 is 5.73 Å². The lowest BCUT2D eigenvalue weighted by Crippen LogP contribution is -2.20. The molecule has 0 amide bonds. The maximum atomic E-state index is 5.39. The Labute approximate surface area is 54.8 Å². The minimum absolute atomic E-state index is 0.120. The van der Waals surface area contributed by atoms with Gasteiger partial charge in [-0.1, -0.05) is 12.7 Å². The van der Waals surface area contributed by atoms with Crippen LogP contribution in [0.4, 0.5) is 0 Å². The number of nitrogens with zero attached hydrogens (tertiary/aromatic N) is 1. The summed E-state index contributed by atoms with van der Waals surface area (Å²) in [7, 11) is 0. The number of hydrogen-bond donors (Lipinski definition) is 1. The summed E-state index contributed by atoms with van der Waals surface area (Å²) in [5.41, 5.74) is 6.39. The Hall–Kier alpha value is -0.890. The first-order valence-corrected chi connectivity index (χ1v) is 2.93. The third-order valence-corrected chi connectivity index (χ3v) is 1.31. The van der Waals surface area contributed by atoms with Gasteiger partial charge in [0.2, 0.25) is 0 Å². The second kappa shape index (κ2) is 2.60. The standard InChI is InChI=1S/C7H10N2/c1-6-3-2-4-9-7(6)5-8/h2-4,7H,1,5,8H2. The number of aliphatic imine (C=N–C) groups is 1. The van der Waals surface area contributed by atoms with Crippen molar-refractivity contribution in [3.05, 3.63) is 24.3 Å². The molecule has 0 aliphatic carbocycles. The Kier molecular flexibility index (Phi) is 1.80. The van der Waals surface area contributed by atoms with Crippen molar-refractivity contribution in [3.63, 3.8) is 0 Å². The maximum absolute atomic E-state index is 5.39. The molecule has 2 heteroatoms. The van der Waals surface area contributed by atoms with E-state index in [2.05, 4.69) is 11.6 Å². The van der Waals surface area contributed by atoms with Crippen molar-refractivity contribution in [2.75, 3.05) is 6.54 Å². The van der Waals surface area contributed by atoms with Crippen molar-refractivity contribution in [3.8, 4) is 0 Å². The van der Waals surface area contributed by atoms with Crippen molar-refractivity contribution < 1.29 is 0 Å². The molecule has 1 unspecified atom stereocenters. The third-order valence-electron chi connectivity index (χ3n) is 1.31. The number of hydrogen-bond acceptors (Lipinski definition) is 2. The van der Waals surface area contributed by atoms with E-state index in [0.29, 0.717) is 6.54 Å². The van der Waals surface area contributed by atoms with Crippen molar-refractivity contribution in [1.29, 1.82) is 0 Å². The highest BCUT2D eigenvalue weighted by Crippen LogP contribution is 2.06. The summed E-state index contributed by atoms with van der Waals surface area (Å²) in [5, 5.41) is 0. The van der Waals surface area contributed by atoms with Crippen molar-refractivity contribution in [1.82, 2.24) is 0 Å². The van der Waals surface area contributed by atoms with Crippen LogP contribution in [0.3, 0.4) is 0 Å². The van der Waals surface area contributed by atoms with E-state index in [9.17, 15) is 0 Å². The van der Waals surface area contributed by atoms with Gasteiger partial charge in [-0.25, -0.2) is 0 Å². The molecular formula is C7H10N2. The zero-order chi connectivity index (χ0) is 6.69. The van der Waals surface area contributed by atoms with Crippen LogP contribution in [0.25, 0.3) is 0 Å². The number of nitrogens with two attached hydrogens (primary N) is 1. The van der Waals surface area contributed by atoms with Gasteiger partial charge in [0.05, 0.1) is 6.04 Å². The fourth-order valence-electron chi connectivity index (χ4n) is 0.739. The van der Waals surface area contributed by atoms with Gasteiger partial charge in [0, 0.05) is 12.8 Å². The molecule has 2 nitrogen and oxygen atoms in total. The van der Waals surface area contributed by atoms with Crippen molar-refractivity contribution >= 4 is 6.21 Å². The molecule has 9 heavy (non-hydrogen) atoms. The first-order valence-electron chi connectivity index (χ1n) is 2.93. The average Bonchev–Trinajstić information content (AvgIpc) is 1.89. The van der Waals surface area contributed by atoms with E-state index in [4.69, 9.17) is 5.73 Å². The summed E-state index contributed by atoms with van der Waals surface area (Å²) in [6.07, 6.45) is 5.56. The number of dihydropyridines is 1. The summed E-state index contributed by atoms with van der Waals surface area (Å²) < 4.78 is 0. The fraction of sp³-hybridized carbons (Fsp3) is 0.286. The Morgan fingerprint density at radius 1 is 1.78 bits per heavy atom. The predicted octanol–water partition coefficient (Wildman–Crippen LogP) is 0.511. The van der Waals surface area contributed by atoms with Crippen LogP contribution in [0.5, 0.6) is 0 Å². The van der Waals surface area contributed by atoms with E-state index < -0.39 is 0 Å². The van der Waals surface area contributed by atoms with E-state index in [-0.39, 0.29) is 6.04 Å². The van der Waals surface area contributed by atoms with Crippen LogP contribution in [-0.2, 0) is 0 Å². The van der Waals surface area contributed by atoms with E-state index >= 15 is 0 Å². The smallest absolute Gasteiger partial charge is 0.0865 e. The second-order valence-electron chi connectivity index (χ2n) is 1.98. The fourth-order valence-corrected chi connectivity index (χ4v) is 0.739. The number of allylic oxidation sites excluding steroid dienone is 1. The van der Waals surface area contributed by atoms with Crippen molar-refractivity contribution in [2.45, 2.75) is 6.04 Å². The van der Waals surface area contributed by atoms with Gasteiger partial charge < -0.3 is 5.73 Å². The molecule has 0 saturated heterocycles. The summed E-state index contributed by atoms with van der Waals surface area (Å²) in [6.45, 7) is 4.34. The molecule has 1 aliphatic heterocycles. The molecule has 0 spiro atoms. The minimum Gasteiger partial charge on any atom is -0.328 e. The van der Waals surface area contributed by atoms with Crippen LogP contribution in [0.1, 0.15) is 0 Å². The van der Waals surface area contributed by atoms with Gasteiger partial charge >= 0.3 is 0 Å². The van der Waals surface area contributed by atoms with Gasteiger partial charge in [-0.3, -0.25) is 4.99 Å². The van der Waals surface area contributed by atoms with E-state index in [1.54, 1.807) is 6.21 Å². The molecule has 1 heterocycles. The average molecular weight is 122 g/mol. The molecule has 0 aromatic rings. The highest BCUT2D eigenvalue weighted by Gasteiger charge is 2.06. The molecule has 2 N–H and O–H groups in total. The predicted molar refractivity (Wildman–Crippen MR) is 39.6 cm³/mol. The van der Waals surface area contributed by atoms with Gasteiger partial charge in [-0.05, 0) is 11.6 Å². The molecule has 1 atom stereocenters. The molecule has 0 aromatic heterocycles. The molecule has 1 rings (SSSR count). The first kappa shape index (κ1) is 6.23. The Balaban J connectivity index is 2.66. The van der Waals surface area contributed by atoms with Crippen LogP contribution >= 0.6 is 0 Å². The zero-order valence-electron chi connectivity index (χ0n) is 5.25. The van der Waals surface area contributed by atoms with E-state index in [1.807, 2.05) is 12.2 Å². The summed E-state index contributed by atoms with van der Waals surface area (Å²) in [4.78, 5) is 4.09. The second-order valence-corrected chi connectivity index (χ2v) is 1.98. The highest BCUT2D eigenvalue weighted by atomic mass is 14.8. The summed E-state index contributed by atoms with van der Waals surface area (Å²) >= 11 is 0. The Bertz CT molecular complexity index is 168. The molecule has 0 saturated carbocycles.